The molecule has 2 N–H and O–H groups in total. The fraction of sp³-hybridized carbons (Fsp3) is 0.125. The lowest BCUT2D eigenvalue weighted by atomic mass is 10.1. The van der Waals surface area contributed by atoms with Crippen LogP contribution in [0.5, 0.6) is 0 Å². The topological polar surface area (TPSA) is 58.2 Å². The summed E-state index contributed by atoms with van der Waals surface area (Å²) in [5.74, 6) is -7.98. The molecule has 2 aromatic rings. The van der Waals surface area contributed by atoms with Crippen molar-refractivity contribution in [3.05, 3.63) is 65.0 Å². The van der Waals surface area contributed by atoms with Gasteiger partial charge in [-0.2, -0.15) is 13.2 Å². The smallest absolute Gasteiger partial charge is 0.348 e. The SMILES string of the molecule is O=C(NCc1ccc(NC(=O)C(F)(F)F)cc1)c1ccc(F)c(F)c1F. The predicted molar refractivity (Wildman–Crippen MR) is 78.6 cm³/mol. The number of carbonyl (C=O) groups excluding carboxylic acids is 2. The molecule has 0 aliphatic heterocycles. The van der Waals surface area contributed by atoms with Crippen LogP contribution in [-0.2, 0) is 11.3 Å². The molecule has 4 nitrogen and oxygen atoms in total. The van der Waals surface area contributed by atoms with Gasteiger partial charge in [0.15, 0.2) is 17.5 Å². The molecule has 138 valence electrons. The molecule has 0 saturated heterocycles. The van der Waals surface area contributed by atoms with Crippen LogP contribution in [0.25, 0.3) is 0 Å². The van der Waals surface area contributed by atoms with E-state index in [1.165, 1.54) is 24.3 Å². The number of alkyl halides is 3. The van der Waals surface area contributed by atoms with E-state index >= 15 is 0 Å². The highest BCUT2D eigenvalue weighted by Gasteiger charge is 2.38. The molecule has 10 heteroatoms. The first-order valence-corrected chi connectivity index (χ1v) is 6.98. The van der Waals surface area contributed by atoms with E-state index in [-0.39, 0.29) is 12.2 Å². The summed E-state index contributed by atoms with van der Waals surface area (Å²) in [5.41, 5.74) is -0.404. The van der Waals surface area contributed by atoms with E-state index in [9.17, 15) is 35.9 Å². The molecule has 0 bridgehead atoms. The fourth-order valence-corrected chi connectivity index (χ4v) is 1.89. The zero-order valence-corrected chi connectivity index (χ0v) is 12.8. The Balaban J connectivity index is 1.99. The van der Waals surface area contributed by atoms with E-state index in [2.05, 4.69) is 5.32 Å². The molecule has 2 rings (SSSR count). The van der Waals surface area contributed by atoms with Gasteiger partial charge in [0, 0.05) is 12.2 Å². The van der Waals surface area contributed by atoms with Gasteiger partial charge in [-0.05, 0) is 29.8 Å². The summed E-state index contributed by atoms with van der Waals surface area (Å²) in [6.45, 7) is -0.162. The van der Waals surface area contributed by atoms with E-state index in [1.807, 2.05) is 0 Å². The molecule has 26 heavy (non-hydrogen) atoms. The van der Waals surface area contributed by atoms with Crippen molar-refractivity contribution in [3.8, 4) is 0 Å². The van der Waals surface area contributed by atoms with E-state index in [1.54, 1.807) is 5.32 Å². The first-order valence-electron chi connectivity index (χ1n) is 6.98. The Morgan fingerprint density at radius 2 is 1.50 bits per heavy atom. The lowest BCUT2D eigenvalue weighted by Crippen LogP contribution is -2.29. The molecular formula is C16H10F6N2O2. The number of rotatable bonds is 4. The zero-order chi connectivity index (χ0) is 19.5. The number of benzene rings is 2. The van der Waals surface area contributed by atoms with Gasteiger partial charge in [0.05, 0.1) is 5.56 Å². The average Bonchev–Trinajstić information content (AvgIpc) is 2.58. The van der Waals surface area contributed by atoms with E-state index in [0.29, 0.717) is 11.6 Å². The van der Waals surface area contributed by atoms with Crippen LogP contribution in [0, 0.1) is 17.5 Å². The zero-order valence-electron chi connectivity index (χ0n) is 12.8. The maximum Gasteiger partial charge on any atom is 0.471 e. The Morgan fingerprint density at radius 1 is 0.885 bits per heavy atom. The summed E-state index contributed by atoms with van der Waals surface area (Å²) < 4.78 is 75.8. The lowest BCUT2D eigenvalue weighted by Gasteiger charge is -2.10. The van der Waals surface area contributed by atoms with Crippen LogP contribution in [0.15, 0.2) is 36.4 Å². The Morgan fingerprint density at radius 3 is 2.08 bits per heavy atom. The first-order chi connectivity index (χ1) is 12.1. The molecular weight excluding hydrogens is 366 g/mol. The number of halogens is 6. The van der Waals surface area contributed by atoms with Crippen LogP contribution in [-0.4, -0.2) is 18.0 Å². The summed E-state index contributed by atoms with van der Waals surface area (Å²) in [6.07, 6.45) is -5.03. The van der Waals surface area contributed by atoms with Crippen LogP contribution in [0.1, 0.15) is 15.9 Å². The molecule has 2 amide bonds. The normalized spacial score (nSPS) is 11.2. The molecule has 2 aromatic carbocycles. The van der Waals surface area contributed by atoms with Crippen molar-refractivity contribution in [1.82, 2.24) is 5.32 Å². The summed E-state index contributed by atoms with van der Waals surface area (Å²) in [7, 11) is 0. The van der Waals surface area contributed by atoms with Crippen molar-refractivity contribution in [1.29, 1.82) is 0 Å². The summed E-state index contributed by atoms with van der Waals surface area (Å²) in [5, 5.41) is 3.89. The quantitative estimate of drug-likeness (QED) is 0.634. The van der Waals surface area contributed by atoms with Crippen LogP contribution in [0.2, 0.25) is 0 Å². The van der Waals surface area contributed by atoms with Crippen molar-refractivity contribution in [3.63, 3.8) is 0 Å². The Bertz CT molecular complexity index is 834. The third-order valence-electron chi connectivity index (χ3n) is 3.20. The third-order valence-corrected chi connectivity index (χ3v) is 3.20. The molecule has 0 saturated carbocycles. The maximum atomic E-state index is 13.5. The Labute approximate surface area is 142 Å². The second-order valence-corrected chi connectivity index (χ2v) is 5.05. The molecule has 0 fully saturated rings. The summed E-state index contributed by atoms with van der Waals surface area (Å²) in [6, 6.07) is 6.35. The highest BCUT2D eigenvalue weighted by molar-refractivity contribution is 5.95. The number of hydrogen-bond donors (Lipinski definition) is 2. The highest BCUT2D eigenvalue weighted by atomic mass is 19.4. The van der Waals surface area contributed by atoms with E-state index < -0.39 is 41.0 Å². The largest absolute Gasteiger partial charge is 0.471 e. The van der Waals surface area contributed by atoms with Crippen molar-refractivity contribution < 1.29 is 35.9 Å². The number of nitrogens with one attached hydrogen (secondary N) is 2. The minimum atomic E-state index is -5.03. The Kier molecular flexibility index (Phi) is 5.53. The predicted octanol–water partition coefficient (Wildman–Crippen LogP) is 3.53. The maximum absolute atomic E-state index is 13.5. The van der Waals surface area contributed by atoms with Gasteiger partial charge in [0.2, 0.25) is 0 Å². The van der Waals surface area contributed by atoms with Gasteiger partial charge in [-0.25, -0.2) is 13.2 Å². The number of carbonyl (C=O) groups is 2. The van der Waals surface area contributed by atoms with Gasteiger partial charge in [-0.1, -0.05) is 12.1 Å². The van der Waals surface area contributed by atoms with Crippen LogP contribution in [0.4, 0.5) is 32.0 Å². The lowest BCUT2D eigenvalue weighted by molar-refractivity contribution is -0.167. The second-order valence-electron chi connectivity index (χ2n) is 5.05. The monoisotopic (exact) mass is 376 g/mol. The van der Waals surface area contributed by atoms with E-state index in [4.69, 9.17) is 0 Å². The van der Waals surface area contributed by atoms with Gasteiger partial charge in [0.1, 0.15) is 0 Å². The van der Waals surface area contributed by atoms with Crippen molar-refractivity contribution in [2.24, 2.45) is 0 Å². The minimum absolute atomic E-state index is 0.117. The third kappa shape index (κ3) is 4.52. The van der Waals surface area contributed by atoms with E-state index in [0.717, 1.165) is 6.07 Å². The molecule has 0 aliphatic rings. The van der Waals surface area contributed by atoms with Crippen LogP contribution < -0.4 is 10.6 Å². The van der Waals surface area contributed by atoms with Gasteiger partial charge < -0.3 is 10.6 Å². The molecule has 0 radical (unpaired) electrons. The fourth-order valence-electron chi connectivity index (χ4n) is 1.89. The molecule has 0 spiro atoms. The van der Waals surface area contributed by atoms with Crippen LogP contribution >= 0.6 is 0 Å². The molecule has 0 heterocycles. The molecule has 0 aromatic heterocycles. The van der Waals surface area contributed by atoms with Gasteiger partial charge >= 0.3 is 12.1 Å². The standard InChI is InChI=1S/C16H10F6N2O2/c17-11-6-5-10(12(18)13(11)19)14(25)23-7-8-1-3-9(4-2-8)24-15(26)16(20,21)22/h1-6H,7H2,(H,23,25)(H,24,26). The van der Waals surface area contributed by atoms with Gasteiger partial charge in [0.25, 0.3) is 5.91 Å². The van der Waals surface area contributed by atoms with Gasteiger partial charge in [-0.3, -0.25) is 9.59 Å². The van der Waals surface area contributed by atoms with Gasteiger partial charge in [-0.15, -0.1) is 0 Å². The molecule has 0 unspecified atom stereocenters. The highest BCUT2D eigenvalue weighted by Crippen LogP contribution is 2.19. The molecule has 0 atom stereocenters. The molecule has 0 aliphatic carbocycles. The van der Waals surface area contributed by atoms with Crippen LogP contribution in [0.3, 0.4) is 0 Å². The average molecular weight is 376 g/mol. The van der Waals surface area contributed by atoms with Crippen molar-refractivity contribution in [2.45, 2.75) is 12.7 Å². The number of hydrogen-bond acceptors (Lipinski definition) is 2. The summed E-state index contributed by atoms with van der Waals surface area (Å²) in [4.78, 5) is 22.6. The number of anilines is 1. The van der Waals surface area contributed by atoms with Crippen molar-refractivity contribution >= 4 is 17.5 Å². The summed E-state index contributed by atoms with van der Waals surface area (Å²) >= 11 is 0. The Hall–Kier alpha value is -3.04. The number of amides is 2. The van der Waals surface area contributed by atoms with Crippen molar-refractivity contribution in [2.75, 3.05) is 5.32 Å². The first kappa shape index (κ1) is 19.3. The minimum Gasteiger partial charge on any atom is -0.348 e. The second kappa shape index (κ2) is 7.46.